The average molecular weight is 504 g/mol. The van der Waals surface area contributed by atoms with E-state index in [9.17, 15) is 18.4 Å². The topological polar surface area (TPSA) is 104 Å². The first-order valence-electron chi connectivity index (χ1n) is 11.2. The standard InChI is InChI=1S/C27H23F2N5O3/c1-30-26(35)25-15-21(12-13-31-25)37-20-10-8-17(9-11-20)33-27(36)34-19-5-2-4-18(14-19)32-16-22-23(28)6-3-7-24(22)29/h2-15,32H,16H2,1H3,(H,30,35)(H2,33,34,36). The number of halogens is 2. The van der Waals surface area contributed by atoms with E-state index in [1.54, 1.807) is 54.6 Å². The molecule has 37 heavy (non-hydrogen) atoms. The van der Waals surface area contributed by atoms with E-state index in [-0.39, 0.29) is 23.7 Å². The van der Waals surface area contributed by atoms with Crippen LogP contribution in [0.2, 0.25) is 0 Å². The number of ether oxygens (including phenoxy) is 1. The van der Waals surface area contributed by atoms with Crippen molar-refractivity contribution < 1.29 is 23.1 Å². The fraction of sp³-hybridized carbons (Fsp3) is 0.0741. The van der Waals surface area contributed by atoms with Crippen LogP contribution in [0.1, 0.15) is 16.1 Å². The van der Waals surface area contributed by atoms with Gasteiger partial charge in [0.25, 0.3) is 5.91 Å². The first kappa shape index (κ1) is 25.1. The molecule has 10 heteroatoms. The summed E-state index contributed by atoms with van der Waals surface area (Å²) >= 11 is 0. The van der Waals surface area contributed by atoms with Gasteiger partial charge in [0, 0.05) is 48.5 Å². The molecule has 0 radical (unpaired) electrons. The minimum Gasteiger partial charge on any atom is -0.457 e. The minimum absolute atomic E-state index is 0.0464. The molecule has 0 aliphatic heterocycles. The third kappa shape index (κ3) is 6.79. The van der Waals surface area contributed by atoms with Crippen LogP contribution in [0.3, 0.4) is 0 Å². The number of nitrogens with one attached hydrogen (secondary N) is 4. The first-order chi connectivity index (χ1) is 17.9. The Hall–Kier alpha value is -4.99. The van der Waals surface area contributed by atoms with Gasteiger partial charge in [-0.3, -0.25) is 9.78 Å². The largest absolute Gasteiger partial charge is 0.457 e. The Labute approximate surface area is 211 Å². The van der Waals surface area contributed by atoms with Gasteiger partial charge in [0.15, 0.2) is 0 Å². The average Bonchev–Trinajstić information content (AvgIpc) is 2.89. The molecule has 0 fully saturated rings. The van der Waals surface area contributed by atoms with Crippen molar-refractivity contribution >= 4 is 29.0 Å². The molecule has 188 valence electrons. The zero-order valence-electron chi connectivity index (χ0n) is 19.7. The molecule has 0 aliphatic carbocycles. The number of rotatable bonds is 8. The number of hydrogen-bond acceptors (Lipinski definition) is 5. The second kappa shape index (κ2) is 11.6. The first-order valence-corrected chi connectivity index (χ1v) is 11.2. The number of carbonyl (C=O) groups excluding carboxylic acids is 2. The lowest BCUT2D eigenvalue weighted by atomic mass is 10.2. The molecule has 0 atom stereocenters. The van der Waals surface area contributed by atoms with Crippen molar-refractivity contribution in [2.75, 3.05) is 23.0 Å². The van der Waals surface area contributed by atoms with Crippen molar-refractivity contribution in [1.82, 2.24) is 10.3 Å². The third-order valence-electron chi connectivity index (χ3n) is 5.19. The predicted molar refractivity (Wildman–Crippen MR) is 137 cm³/mol. The van der Waals surface area contributed by atoms with Crippen LogP contribution < -0.4 is 26.0 Å². The lowest BCUT2D eigenvalue weighted by Gasteiger charge is -2.12. The van der Waals surface area contributed by atoms with E-state index < -0.39 is 17.7 Å². The fourth-order valence-electron chi connectivity index (χ4n) is 3.36. The second-order valence-electron chi connectivity index (χ2n) is 7.80. The van der Waals surface area contributed by atoms with Crippen LogP contribution in [0.25, 0.3) is 0 Å². The van der Waals surface area contributed by atoms with Gasteiger partial charge in [0.2, 0.25) is 0 Å². The number of aromatic nitrogens is 1. The van der Waals surface area contributed by atoms with Crippen LogP contribution in [0.4, 0.5) is 30.6 Å². The quantitative estimate of drug-likeness (QED) is 0.245. The SMILES string of the molecule is CNC(=O)c1cc(Oc2ccc(NC(=O)Nc3cccc(NCc4c(F)cccc4F)c3)cc2)ccn1. The van der Waals surface area contributed by atoms with Crippen LogP contribution in [-0.4, -0.2) is 24.0 Å². The number of anilines is 3. The molecule has 4 N–H and O–H groups in total. The molecular weight excluding hydrogens is 480 g/mol. The lowest BCUT2D eigenvalue weighted by molar-refractivity contribution is 0.0957. The summed E-state index contributed by atoms with van der Waals surface area (Å²) in [5.41, 5.74) is 1.75. The van der Waals surface area contributed by atoms with Gasteiger partial charge in [-0.1, -0.05) is 12.1 Å². The molecule has 1 aromatic heterocycles. The monoisotopic (exact) mass is 503 g/mol. The van der Waals surface area contributed by atoms with Gasteiger partial charge >= 0.3 is 6.03 Å². The maximum atomic E-state index is 13.8. The van der Waals surface area contributed by atoms with Crippen molar-refractivity contribution in [3.63, 3.8) is 0 Å². The van der Waals surface area contributed by atoms with Crippen LogP contribution in [0.5, 0.6) is 11.5 Å². The molecular formula is C27H23F2N5O3. The van der Waals surface area contributed by atoms with Crippen molar-refractivity contribution in [2.45, 2.75) is 6.54 Å². The Bertz CT molecular complexity index is 1390. The van der Waals surface area contributed by atoms with Gasteiger partial charge in [-0.05, 0) is 60.7 Å². The summed E-state index contributed by atoms with van der Waals surface area (Å²) in [5.74, 6) is -0.640. The molecule has 4 aromatic rings. The third-order valence-corrected chi connectivity index (χ3v) is 5.19. The van der Waals surface area contributed by atoms with Crippen molar-refractivity contribution in [3.8, 4) is 11.5 Å². The maximum Gasteiger partial charge on any atom is 0.323 e. The summed E-state index contributed by atoms with van der Waals surface area (Å²) in [6, 6.07) is 19.8. The van der Waals surface area contributed by atoms with E-state index in [0.29, 0.717) is 28.6 Å². The van der Waals surface area contributed by atoms with Crippen molar-refractivity contribution in [2.24, 2.45) is 0 Å². The van der Waals surface area contributed by atoms with Crippen LogP contribution >= 0.6 is 0 Å². The van der Waals surface area contributed by atoms with Gasteiger partial charge in [0.1, 0.15) is 28.8 Å². The smallest absolute Gasteiger partial charge is 0.323 e. The maximum absolute atomic E-state index is 13.8. The summed E-state index contributed by atoms with van der Waals surface area (Å²) < 4.78 is 33.4. The Morgan fingerprint density at radius 3 is 2.22 bits per heavy atom. The van der Waals surface area contributed by atoms with Gasteiger partial charge in [0.05, 0.1) is 0 Å². The normalized spacial score (nSPS) is 10.4. The number of benzene rings is 3. The summed E-state index contributed by atoms with van der Waals surface area (Å²) in [4.78, 5) is 28.2. The van der Waals surface area contributed by atoms with E-state index in [0.717, 1.165) is 0 Å². The summed E-state index contributed by atoms with van der Waals surface area (Å²) in [7, 11) is 1.52. The zero-order chi connectivity index (χ0) is 26.2. The molecule has 0 spiro atoms. The zero-order valence-corrected chi connectivity index (χ0v) is 19.7. The molecule has 0 saturated carbocycles. The van der Waals surface area contributed by atoms with Gasteiger partial charge in [-0.25, -0.2) is 13.6 Å². The van der Waals surface area contributed by atoms with E-state index >= 15 is 0 Å². The molecule has 3 amide bonds. The Kier molecular flexibility index (Phi) is 7.89. The molecule has 0 unspecified atom stereocenters. The summed E-state index contributed by atoms with van der Waals surface area (Å²) in [6.45, 7) is -0.0464. The molecule has 1 heterocycles. The Balaban J connectivity index is 1.32. The van der Waals surface area contributed by atoms with Gasteiger partial charge in [-0.2, -0.15) is 0 Å². The van der Waals surface area contributed by atoms with Gasteiger partial charge < -0.3 is 26.0 Å². The van der Waals surface area contributed by atoms with Crippen molar-refractivity contribution in [3.05, 3.63) is 108 Å². The lowest BCUT2D eigenvalue weighted by Crippen LogP contribution is -2.19. The highest BCUT2D eigenvalue weighted by molar-refractivity contribution is 6.00. The van der Waals surface area contributed by atoms with E-state index in [1.807, 2.05) is 0 Å². The number of pyridine rings is 1. The predicted octanol–water partition coefficient (Wildman–Crippen LogP) is 5.77. The van der Waals surface area contributed by atoms with Crippen molar-refractivity contribution in [1.29, 1.82) is 0 Å². The Morgan fingerprint density at radius 1 is 0.811 bits per heavy atom. The highest BCUT2D eigenvalue weighted by atomic mass is 19.1. The molecule has 0 aliphatic rings. The highest BCUT2D eigenvalue weighted by Crippen LogP contribution is 2.24. The molecule has 8 nitrogen and oxygen atoms in total. The van der Waals surface area contributed by atoms with Crippen LogP contribution in [-0.2, 0) is 6.54 Å². The number of hydrogen-bond donors (Lipinski definition) is 4. The van der Waals surface area contributed by atoms with Gasteiger partial charge in [-0.15, -0.1) is 0 Å². The van der Waals surface area contributed by atoms with E-state index in [1.165, 1.54) is 37.5 Å². The molecule has 0 bridgehead atoms. The molecule has 3 aromatic carbocycles. The van der Waals surface area contributed by atoms with Crippen LogP contribution in [0.15, 0.2) is 85.1 Å². The number of urea groups is 1. The number of amides is 3. The summed E-state index contributed by atoms with van der Waals surface area (Å²) in [5, 5.41) is 10.9. The van der Waals surface area contributed by atoms with E-state index in [2.05, 4.69) is 26.3 Å². The van der Waals surface area contributed by atoms with Crippen LogP contribution in [0, 0.1) is 11.6 Å². The number of nitrogens with zero attached hydrogens (tertiary/aromatic N) is 1. The highest BCUT2D eigenvalue weighted by Gasteiger charge is 2.10. The molecule has 0 saturated heterocycles. The number of carbonyl (C=O) groups is 2. The second-order valence-corrected chi connectivity index (χ2v) is 7.80. The minimum atomic E-state index is -0.632. The molecule has 4 rings (SSSR count). The summed E-state index contributed by atoms with van der Waals surface area (Å²) in [6.07, 6.45) is 1.48. The fourth-order valence-corrected chi connectivity index (χ4v) is 3.36. The van der Waals surface area contributed by atoms with E-state index in [4.69, 9.17) is 4.74 Å². The Morgan fingerprint density at radius 2 is 1.49 bits per heavy atom.